The molecule has 3 aliphatic heterocycles. The third kappa shape index (κ3) is 8.25. The van der Waals surface area contributed by atoms with Crippen LogP contribution in [0.15, 0.2) is 54.4 Å². The molecular formula is C37H49N7O4. The third-order valence-electron chi connectivity index (χ3n) is 10.1. The summed E-state index contributed by atoms with van der Waals surface area (Å²) in [4.78, 5) is 50.3. The predicted octanol–water partition coefficient (Wildman–Crippen LogP) is 4.71. The zero-order chi connectivity index (χ0) is 33.6. The number of pyridine rings is 1. The molecule has 48 heavy (non-hydrogen) atoms. The smallest absolute Gasteiger partial charge is 0.304 e. The van der Waals surface area contributed by atoms with Gasteiger partial charge >= 0.3 is 5.97 Å². The molecule has 3 aliphatic rings. The minimum absolute atomic E-state index is 0.0614. The van der Waals surface area contributed by atoms with Gasteiger partial charge < -0.3 is 29.6 Å². The lowest BCUT2D eigenvalue weighted by atomic mass is 9.93. The van der Waals surface area contributed by atoms with Crippen LogP contribution in [0.5, 0.6) is 0 Å². The molecule has 2 aromatic heterocycles. The normalized spacial score (nSPS) is 20.8. The SMILES string of the molecule is CC1=CC(C)NN1c1cc(C(CC(=O)O)CN2CCC(CCc3ccc4cc[nH]c4n3)C2)cc(N2CCN(C(=O)CCCC=O)CC2)c1. The second-order valence-corrected chi connectivity index (χ2v) is 13.7. The predicted molar refractivity (Wildman–Crippen MR) is 188 cm³/mol. The molecule has 3 N–H and O–H groups in total. The number of fused-ring (bicyclic) bond motifs is 1. The van der Waals surface area contributed by atoms with Crippen molar-refractivity contribution in [1.82, 2.24) is 25.2 Å². The number of carbonyl (C=O) groups is 3. The van der Waals surface area contributed by atoms with Crippen molar-refractivity contribution in [3.63, 3.8) is 0 Å². The summed E-state index contributed by atoms with van der Waals surface area (Å²) in [5.41, 5.74) is 9.75. The van der Waals surface area contributed by atoms with Crippen molar-refractivity contribution in [3.05, 3.63) is 65.6 Å². The van der Waals surface area contributed by atoms with Gasteiger partial charge in [-0.15, -0.1) is 0 Å². The number of unbranched alkanes of at least 4 members (excludes halogenated alkanes) is 1. The molecule has 1 aromatic carbocycles. The molecule has 2 fully saturated rings. The van der Waals surface area contributed by atoms with Crippen LogP contribution in [0.3, 0.4) is 0 Å². The van der Waals surface area contributed by atoms with Crippen molar-refractivity contribution < 1.29 is 19.5 Å². The number of hydrazine groups is 1. The molecule has 1 amide bonds. The average Bonchev–Trinajstić information content (AvgIpc) is 3.82. The lowest BCUT2D eigenvalue weighted by Crippen LogP contribution is -2.48. The summed E-state index contributed by atoms with van der Waals surface area (Å²) >= 11 is 0. The summed E-state index contributed by atoms with van der Waals surface area (Å²) in [7, 11) is 0. The number of aryl methyl sites for hydroxylation is 1. The molecule has 256 valence electrons. The van der Waals surface area contributed by atoms with Crippen molar-refractivity contribution in [2.45, 2.75) is 70.8 Å². The Bertz CT molecular complexity index is 1630. The number of hydrogen-bond donors (Lipinski definition) is 3. The molecule has 0 radical (unpaired) electrons. The van der Waals surface area contributed by atoms with Gasteiger partial charge in [0.25, 0.3) is 0 Å². The lowest BCUT2D eigenvalue weighted by molar-refractivity contribution is -0.137. The van der Waals surface area contributed by atoms with Crippen molar-refractivity contribution in [1.29, 1.82) is 0 Å². The topological polar surface area (TPSA) is 125 Å². The minimum atomic E-state index is -0.792. The molecule has 3 aromatic rings. The summed E-state index contributed by atoms with van der Waals surface area (Å²) in [6.07, 6.45) is 9.54. The maximum atomic E-state index is 12.7. The first kappa shape index (κ1) is 33.7. The molecule has 0 bridgehead atoms. The van der Waals surface area contributed by atoms with Gasteiger partial charge in [-0.05, 0) is 100 Å². The fraction of sp³-hybridized carbons (Fsp3) is 0.514. The van der Waals surface area contributed by atoms with Gasteiger partial charge in [0.05, 0.1) is 12.1 Å². The first-order valence-electron chi connectivity index (χ1n) is 17.5. The van der Waals surface area contributed by atoms with Crippen LogP contribution in [-0.2, 0) is 20.8 Å². The highest BCUT2D eigenvalue weighted by Crippen LogP contribution is 2.35. The maximum absolute atomic E-state index is 12.7. The number of H-pyrrole nitrogens is 1. The molecule has 3 atom stereocenters. The first-order valence-corrected chi connectivity index (χ1v) is 17.5. The number of aromatic nitrogens is 2. The summed E-state index contributed by atoms with van der Waals surface area (Å²) in [5, 5.41) is 13.3. The zero-order valence-corrected chi connectivity index (χ0v) is 28.2. The van der Waals surface area contributed by atoms with E-state index in [-0.39, 0.29) is 24.3 Å². The van der Waals surface area contributed by atoms with E-state index in [4.69, 9.17) is 4.98 Å². The number of rotatable bonds is 14. The number of carboxylic acid groups (broad SMARTS) is 1. The van der Waals surface area contributed by atoms with E-state index in [1.165, 1.54) is 0 Å². The Morgan fingerprint density at radius 1 is 1.08 bits per heavy atom. The van der Waals surface area contributed by atoms with E-state index in [1.54, 1.807) is 0 Å². The molecule has 2 saturated heterocycles. The van der Waals surface area contributed by atoms with E-state index < -0.39 is 5.97 Å². The van der Waals surface area contributed by atoms with Crippen LogP contribution in [0.4, 0.5) is 11.4 Å². The van der Waals surface area contributed by atoms with Crippen LogP contribution in [0.25, 0.3) is 11.0 Å². The highest BCUT2D eigenvalue weighted by molar-refractivity contribution is 5.77. The standard InChI is InChI=1S/C37H49N7O4/c1-26-19-27(2)44(40-26)34-21-30(20-33(23-34)42-14-16-43(17-15-42)35(46)5-3-4-18-45)31(22-36(47)48)25-41-13-11-28(24-41)6-8-32-9-7-29-10-12-38-37(29)39-32/h7,9-10,12,18-21,23,26,28,31,40H,3-6,8,11,13-17,22,24-25H2,1-2H3,(H,38,39)(H,47,48). The number of aromatic amines is 1. The first-order chi connectivity index (χ1) is 23.2. The van der Waals surface area contributed by atoms with Gasteiger partial charge in [0, 0.05) is 92.7 Å². The van der Waals surface area contributed by atoms with Crippen LogP contribution in [0.1, 0.15) is 69.5 Å². The number of amides is 1. The summed E-state index contributed by atoms with van der Waals surface area (Å²) in [6.45, 7) is 9.47. The van der Waals surface area contributed by atoms with Crippen LogP contribution < -0.4 is 15.3 Å². The second-order valence-electron chi connectivity index (χ2n) is 13.7. The van der Waals surface area contributed by atoms with Crippen molar-refractivity contribution in [3.8, 4) is 0 Å². The Balaban J connectivity index is 1.16. The molecule has 0 aliphatic carbocycles. The van der Waals surface area contributed by atoms with Gasteiger partial charge in [-0.1, -0.05) is 0 Å². The number of likely N-dealkylation sites (tertiary alicyclic amines) is 1. The van der Waals surface area contributed by atoms with E-state index >= 15 is 0 Å². The Morgan fingerprint density at radius 2 is 1.90 bits per heavy atom. The molecule has 0 saturated carbocycles. The van der Waals surface area contributed by atoms with Crippen molar-refractivity contribution in [2.24, 2.45) is 5.92 Å². The van der Waals surface area contributed by atoms with E-state index in [0.717, 1.165) is 78.0 Å². The number of aldehydes is 1. The van der Waals surface area contributed by atoms with Gasteiger partial charge in [0.15, 0.2) is 0 Å². The monoisotopic (exact) mass is 655 g/mol. The summed E-state index contributed by atoms with van der Waals surface area (Å²) < 4.78 is 0. The van der Waals surface area contributed by atoms with E-state index in [1.807, 2.05) is 17.2 Å². The van der Waals surface area contributed by atoms with Gasteiger partial charge in [0.1, 0.15) is 11.9 Å². The average molecular weight is 656 g/mol. The molecule has 3 unspecified atom stereocenters. The molecule has 11 nitrogen and oxygen atoms in total. The molecule has 5 heterocycles. The van der Waals surface area contributed by atoms with Crippen LogP contribution >= 0.6 is 0 Å². The van der Waals surface area contributed by atoms with E-state index in [9.17, 15) is 19.5 Å². The fourth-order valence-corrected chi connectivity index (χ4v) is 7.52. The number of carboxylic acids is 1. The zero-order valence-electron chi connectivity index (χ0n) is 28.2. The van der Waals surface area contributed by atoms with Crippen LogP contribution in [0.2, 0.25) is 0 Å². The number of piperazine rings is 1. The van der Waals surface area contributed by atoms with Crippen LogP contribution in [-0.4, -0.2) is 94.9 Å². The quantitative estimate of drug-likeness (QED) is 0.167. The highest BCUT2D eigenvalue weighted by atomic mass is 16.4. The molecule has 0 spiro atoms. The Kier molecular flexibility index (Phi) is 10.8. The lowest BCUT2D eigenvalue weighted by Gasteiger charge is -2.37. The maximum Gasteiger partial charge on any atom is 0.304 e. The Labute approximate surface area is 282 Å². The number of carbonyl (C=O) groups excluding carboxylic acids is 2. The van der Waals surface area contributed by atoms with Crippen LogP contribution in [0, 0.1) is 5.92 Å². The molecular weight excluding hydrogens is 606 g/mol. The van der Waals surface area contributed by atoms with Gasteiger partial charge in [0.2, 0.25) is 5.91 Å². The number of nitrogens with one attached hydrogen (secondary N) is 2. The number of nitrogens with zero attached hydrogens (tertiary/aromatic N) is 5. The fourth-order valence-electron chi connectivity index (χ4n) is 7.52. The van der Waals surface area contributed by atoms with Crippen molar-refractivity contribution >= 4 is 40.6 Å². The van der Waals surface area contributed by atoms with E-state index in [2.05, 4.69) is 75.5 Å². The van der Waals surface area contributed by atoms with E-state index in [0.29, 0.717) is 57.9 Å². The number of aliphatic carboxylic acids is 1. The van der Waals surface area contributed by atoms with Gasteiger partial charge in [-0.25, -0.2) is 10.4 Å². The second kappa shape index (κ2) is 15.3. The molecule has 11 heteroatoms. The third-order valence-corrected chi connectivity index (χ3v) is 10.1. The Hall–Kier alpha value is -4.22. The summed E-state index contributed by atoms with van der Waals surface area (Å²) in [6, 6.07) is 13.0. The summed E-state index contributed by atoms with van der Waals surface area (Å²) in [5.74, 6) is -0.301. The highest BCUT2D eigenvalue weighted by Gasteiger charge is 2.29. The van der Waals surface area contributed by atoms with Gasteiger partial charge in [-0.3, -0.25) is 14.6 Å². The van der Waals surface area contributed by atoms with Gasteiger partial charge in [-0.2, -0.15) is 0 Å². The molecule has 6 rings (SSSR count). The number of anilines is 2. The number of hydrogen-bond acceptors (Lipinski definition) is 8. The number of allylic oxidation sites excluding steroid dienone is 1. The number of benzene rings is 1. The largest absolute Gasteiger partial charge is 0.481 e. The Morgan fingerprint density at radius 3 is 2.65 bits per heavy atom. The minimum Gasteiger partial charge on any atom is -0.481 e. The van der Waals surface area contributed by atoms with Crippen molar-refractivity contribution in [2.75, 3.05) is 55.7 Å².